The largest absolute Gasteiger partial charge is 0.496 e. The van der Waals surface area contributed by atoms with Crippen molar-refractivity contribution in [3.8, 4) is 17.5 Å². The Hall–Kier alpha value is -3.17. The molecule has 0 spiro atoms. The number of hydrogen-bond donors (Lipinski definition) is 1. The van der Waals surface area contributed by atoms with Crippen LogP contribution in [0.2, 0.25) is 0 Å². The molecule has 0 aliphatic heterocycles. The number of amides is 1. The maximum absolute atomic E-state index is 12.7. The van der Waals surface area contributed by atoms with Crippen molar-refractivity contribution >= 4 is 23.5 Å². The summed E-state index contributed by atoms with van der Waals surface area (Å²) < 4.78 is 7.24. The fraction of sp³-hybridized carbons (Fsp3) is 0.182. The number of para-hydroxylation sites is 2. The van der Waals surface area contributed by atoms with Crippen molar-refractivity contribution in [3.63, 3.8) is 0 Å². The van der Waals surface area contributed by atoms with Gasteiger partial charge in [-0.15, -0.1) is 11.8 Å². The Morgan fingerprint density at radius 2 is 1.82 bits per heavy atom. The second-order valence-corrected chi connectivity index (χ2v) is 7.22. The van der Waals surface area contributed by atoms with Crippen LogP contribution in [-0.2, 0) is 4.79 Å². The fourth-order valence-electron chi connectivity index (χ4n) is 3.01. The van der Waals surface area contributed by atoms with Crippen molar-refractivity contribution in [2.75, 3.05) is 18.2 Å². The normalized spacial score (nSPS) is 10.4. The van der Waals surface area contributed by atoms with Crippen molar-refractivity contribution in [1.29, 1.82) is 5.26 Å². The molecular weight excluding hydrogens is 370 g/mol. The van der Waals surface area contributed by atoms with E-state index in [-0.39, 0.29) is 11.7 Å². The summed E-state index contributed by atoms with van der Waals surface area (Å²) in [4.78, 5) is 13.6. The Morgan fingerprint density at radius 3 is 2.50 bits per heavy atom. The first kappa shape index (κ1) is 19.6. The predicted octanol–water partition coefficient (Wildman–Crippen LogP) is 4.71. The molecule has 5 nitrogen and oxygen atoms in total. The van der Waals surface area contributed by atoms with Crippen LogP contribution in [0.25, 0.3) is 5.69 Å². The molecule has 1 heterocycles. The molecule has 0 saturated heterocycles. The molecule has 0 bridgehead atoms. The van der Waals surface area contributed by atoms with Gasteiger partial charge < -0.3 is 10.1 Å². The Kier molecular flexibility index (Phi) is 6.07. The quantitative estimate of drug-likeness (QED) is 0.618. The molecule has 1 N–H and O–H groups in total. The molecule has 142 valence electrons. The van der Waals surface area contributed by atoms with Crippen LogP contribution in [0.3, 0.4) is 0 Å². The van der Waals surface area contributed by atoms with Crippen molar-refractivity contribution < 1.29 is 9.53 Å². The van der Waals surface area contributed by atoms with Crippen molar-refractivity contribution in [1.82, 2.24) is 4.57 Å². The Labute approximate surface area is 168 Å². The molecule has 0 radical (unpaired) electrons. The van der Waals surface area contributed by atoms with Gasteiger partial charge in [-0.2, -0.15) is 5.26 Å². The van der Waals surface area contributed by atoms with Crippen LogP contribution in [0.15, 0.2) is 59.5 Å². The van der Waals surface area contributed by atoms with Crippen LogP contribution in [0.5, 0.6) is 5.75 Å². The van der Waals surface area contributed by atoms with Gasteiger partial charge in [0.25, 0.3) is 0 Å². The Balaban J connectivity index is 1.86. The van der Waals surface area contributed by atoms with Crippen LogP contribution in [-0.4, -0.2) is 23.3 Å². The standard InChI is InChI=1S/C22H21N3O2S/c1-15-16(2)25(17-9-5-4-6-10-17)22(18(15)13-23)24-21(26)14-28-20-12-8-7-11-19(20)27-3/h4-12H,14H2,1-3H3,(H,24,26). The first-order valence-corrected chi connectivity index (χ1v) is 9.78. The predicted molar refractivity (Wildman–Crippen MR) is 112 cm³/mol. The van der Waals surface area contributed by atoms with Crippen LogP contribution < -0.4 is 10.1 Å². The van der Waals surface area contributed by atoms with Gasteiger partial charge >= 0.3 is 0 Å². The third-order valence-electron chi connectivity index (χ3n) is 4.53. The zero-order valence-electron chi connectivity index (χ0n) is 16.0. The van der Waals surface area contributed by atoms with E-state index in [9.17, 15) is 10.1 Å². The maximum atomic E-state index is 12.7. The van der Waals surface area contributed by atoms with E-state index < -0.39 is 0 Å². The number of thioether (sulfide) groups is 1. The average molecular weight is 391 g/mol. The highest BCUT2D eigenvalue weighted by atomic mass is 32.2. The van der Waals surface area contributed by atoms with Gasteiger partial charge in [0.15, 0.2) is 0 Å². The van der Waals surface area contributed by atoms with Crippen LogP contribution >= 0.6 is 11.8 Å². The van der Waals surface area contributed by atoms with Crippen LogP contribution in [0.4, 0.5) is 5.82 Å². The first-order valence-electron chi connectivity index (χ1n) is 8.80. The summed E-state index contributed by atoms with van der Waals surface area (Å²) >= 11 is 1.40. The minimum atomic E-state index is -0.179. The summed E-state index contributed by atoms with van der Waals surface area (Å²) in [6.45, 7) is 3.84. The SMILES string of the molecule is COc1ccccc1SCC(=O)Nc1c(C#N)c(C)c(C)n1-c1ccccc1. The third-order valence-corrected chi connectivity index (χ3v) is 5.58. The third kappa shape index (κ3) is 3.90. The molecule has 0 aliphatic carbocycles. The molecule has 3 aromatic rings. The molecule has 6 heteroatoms. The average Bonchev–Trinajstić information content (AvgIpc) is 2.96. The number of ether oxygens (including phenoxy) is 1. The molecule has 0 aliphatic rings. The Morgan fingerprint density at radius 1 is 1.14 bits per heavy atom. The summed E-state index contributed by atoms with van der Waals surface area (Å²) in [6, 6.07) is 19.5. The van der Waals surface area contributed by atoms with Gasteiger partial charge in [0, 0.05) is 16.3 Å². The van der Waals surface area contributed by atoms with Gasteiger partial charge in [0.2, 0.25) is 5.91 Å². The number of anilines is 1. The maximum Gasteiger partial charge on any atom is 0.235 e. The van der Waals surface area contributed by atoms with E-state index in [1.165, 1.54) is 11.8 Å². The Bertz CT molecular complexity index is 1040. The van der Waals surface area contributed by atoms with Gasteiger partial charge in [-0.1, -0.05) is 30.3 Å². The zero-order chi connectivity index (χ0) is 20.1. The molecule has 0 saturated carbocycles. The number of nitriles is 1. The van der Waals surface area contributed by atoms with Gasteiger partial charge in [0.05, 0.1) is 18.4 Å². The van der Waals surface area contributed by atoms with Gasteiger partial charge in [-0.05, 0) is 43.7 Å². The zero-order valence-corrected chi connectivity index (χ0v) is 16.8. The minimum Gasteiger partial charge on any atom is -0.496 e. The highest BCUT2D eigenvalue weighted by molar-refractivity contribution is 8.00. The van der Waals surface area contributed by atoms with E-state index in [1.807, 2.05) is 73.0 Å². The molecule has 1 aromatic heterocycles. The summed E-state index contributed by atoms with van der Waals surface area (Å²) in [5.41, 5.74) is 3.17. The summed E-state index contributed by atoms with van der Waals surface area (Å²) in [6.07, 6.45) is 0. The highest BCUT2D eigenvalue weighted by Crippen LogP contribution is 2.31. The summed E-state index contributed by atoms with van der Waals surface area (Å²) in [5.74, 6) is 1.28. The van der Waals surface area contributed by atoms with Crippen LogP contribution in [0, 0.1) is 25.2 Å². The molecule has 0 unspecified atom stereocenters. The minimum absolute atomic E-state index is 0.179. The lowest BCUT2D eigenvalue weighted by Crippen LogP contribution is -2.17. The van der Waals surface area contributed by atoms with E-state index in [0.29, 0.717) is 11.4 Å². The lowest BCUT2D eigenvalue weighted by atomic mass is 10.2. The second kappa shape index (κ2) is 8.68. The molecule has 0 atom stereocenters. The number of carbonyl (C=O) groups excluding carboxylic acids is 1. The number of nitrogens with one attached hydrogen (secondary N) is 1. The molecule has 1 amide bonds. The van der Waals surface area contributed by atoms with Gasteiger partial charge in [0.1, 0.15) is 17.6 Å². The van der Waals surface area contributed by atoms with Crippen molar-refractivity contribution in [3.05, 3.63) is 71.4 Å². The topological polar surface area (TPSA) is 67.0 Å². The van der Waals surface area contributed by atoms with E-state index in [0.717, 1.165) is 27.6 Å². The molecule has 3 rings (SSSR count). The number of hydrogen-bond acceptors (Lipinski definition) is 4. The van der Waals surface area contributed by atoms with Gasteiger partial charge in [-0.25, -0.2) is 0 Å². The fourth-order valence-corrected chi connectivity index (χ4v) is 3.84. The molecular formula is C22H21N3O2S. The van der Waals surface area contributed by atoms with Gasteiger partial charge in [-0.3, -0.25) is 9.36 Å². The molecule has 28 heavy (non-hydrogen) atoms. The first-order chi connectivity index (χ1) is 13.6. The lowest BCUT2D eigenvalue weighted by Gasteiger charge is -2.13. The summed E-state index contributed by atoms with van der Waals surface area (Å²) in [5, 5.41) is 12.6. The number of rotatable bonds is 6. The number of carbonyl (C=O) groups is 1. The molecule has 2 aromatic carbocycles. The van der Waals surface area contributed by atoms with E-state index in [1.54, 1.807) is 7.11 Å². The van der Waals surface area contributed by atoms with E-state index in [4.69, 9.17) is 4.74 Å². The van der Waals surface area contributed by atoms with E-state index in [2.05, 4.69) is 11.4 Å². The highest BCUT2D eigenvalue weighted by Gasteiger charge is 2.20. The number of methoxy groups -OCH3 is 1. The van der Waals surface area contributed by atoms with E-state index >= 15 is 0 Å². The lowest BCUT2D eigenvalue weighted by molar-refractivity contribution is -0.113. The summed E-state index contributed by atoms with van der Waals surface area (Å²) in [7, 11) is 1.61. The number of nitrogens with zero attached hydrogens (tertiary/aromatic N) is 2. The van der Waals surface area contributed by atoms with Crippen molar-refractivity contribution in [2.45, 2.75) is 18.7 Å². The second-order valence-electron chi connectivity index (χ2n) is 6.20. The van der Waals surface area contributed by atoms with Crippen molar-refractivity contribution in [2.24, 2.45) is 0 Å². The number of benzene rings is 2. The molecule has 0 fully saturated rings. The van der Waals surface area contributed by atoms with Crippen LogP contribution in [0.1, 0.15) is 16.8 Å². The smallest absolute Gasteiger partial charge is 0.235 e. The monoisotopic (exact) mass is 391 g/mol. The number of aromatic nitrogens is 1.